The van der Waals surface area contributed by atoms with Crippen molar-refractivity contribution in [3.05, 3.63) is 52.6 Å². The zero-order valence-electron chi connectivity index (χ0n) is 25.0. The molecule has 0 aliphatic heterocycles. The maximum Gasteiger partial charge on any atom is 0.419 e. The number of aldehydes is 1. The van der Waals surface area contributed by atoms with Gasteiger partial charge in [-0.3, -0.25) is 14.5 Å². The molecule has 9 nitrogen and oxygen atoms in total. The van der Waals surface area contributed by atoms with Gasteiger partial charge in [0.1, 0.15) is 16.8 Å². The molecule has 0 radical (unpaired) electrons. The van der Waals surface area contributed by atoms with Gasteiger partial charge in [0.2, 0.25) is 5.88 Å². The summed E-state index contributed by atoms with van der Waals surface area (Å²) >= 11 is 0. The molecule has 3 rings (SSSR count). The number of nitrogens with one attached hydrogen (secondary N) is 2. The van der Waals surface area contributed by atoms with Crippen molar-refractivity contribution in [1.29, 1.82) is 0 Å². The van der Waals surface area contributed by atoms with E-state index in [2.05, 4.69) is 25.7 Å². The van der Waals surface area contributed by atoms with E-state index in [0.717, 1.165) is 6.54 Å². The van der Waals surface area contributed by atoms with Gasteiger partial charge >= 0.3 is 6.18 Å². The molecule has 0 saturated carbocycles. The first-order valence-electron chi connectivity index (χ1n) is 13.3. The molecule has 0 aliphatic rings. The van der Waals surface area contributed by atoms with E-state index < -0.39 is 69.4 Å². The predicted molar refractivity (Wildman–Crippen MR) is 155 cm³/mol. The van der Waals surface area contributed by atoms with Gasteiger partial charge in [-0.1, -0.05) is 20.8 Å². The first-order chi connectivity index (χ1) is 20.3. The summed E-state index contributed by atoms with van der Waals surface area (Å²) in [7, 11) is 5.29. The second kappa shape index (κ2) is 17.1. The summed E-state index contributed by atoms with van der Waals surface area (Å²) in [5.74, 6) is -6.16. The fraction of sp³-hybridized carbons (Fsp3) is 0.429. The number of hydrogen-bond donors (Lipinski definition) is 3. The fourth-order valence-corrected chi connectivity index (χ4v) is 3.41. The van der Waals surface area contributed by atoms with Gasteiger partial charge in [-0.2, -0.15) is 18.3 Å². The van der Waals surface area contributed by atoms with Crippen molar-refractivity contribution in [1.82, 2.24) is 20.1 Å². The summed E-state index contributed by atoms with van der Waals surface area (Å²) in [6, 6.07) is 2.02. The minimum absolute atomic E-state index is 0.128. The van der Waals surface area contributed by atoms with E-state index >= 15 is 4.39 Å². The highest BCUT2D eigenvalue weighted by molar-refractivity contribution is 5.90. The first kappa shape index (κ1) is 36.9. The summed E-state index contributed by atoms with van der Waals surface area (Å²) < 4.78 is 92.1. The van der Waals surface area contributed by atoms with Crippen LogP contribution in [0.2, 0.25) is 0 Å². The maximum atomic E-state index is 15.7. The van der Waals surface area contributed by atoms with E-state index in [1.54, 1.807) is 40.2 Å². The monoisotopic (exact) mass is 617 g/mol. The van der Waals surface area contributed by atoms with Crippen LogP contribution in [0.5, 0.6) is 5.88 Å². The number of hydrogen-bond acceptors (Lipinski definition) is 8. The van der Waals surface area contributed by atoms with E-state index in [0.29, 0.717) is 18.2 Å². The minimum Gasteiger partial charge on any atom is -0.474 e. The van der Waals surface area contributed by atoms with Gasteiger partial charge in [-0.05, 0) is 32.5 Å². The number of carbonyl (C=O) groups is 1. The van der Waals surface area contributed by atoms with E-state index in [-0.39, 0.29) is 12.8 Å². The lowest BCUT2D eigenvalue weighted by Gasteiger charge is -2.21. The quantitative estimate of drug-likeness (QED) is 0.110. The van der Waals surface area contributed by atoms with Crippen molar-refractivity contribution in [2.24, 2.45) is 12.0 Å². The molecule has 1 unspecified atom stereocenters. The van der Waals surface area contributed by atoms with Crippen LogP contribution >= 0.6 is 0 Å². The maximum absolute atomic E-state index is 15.7. The van der Waals surface area contributed by atoms with Crippen LogP contribution in [0.15, 0.2) is 23.3 Å². The molecule has 1 atom stereocenters. The zero-order chi connectivity index (χ0) is 32.9. The lowest BCUT2D eigenvalue weighted by atomic mass is 9.99. The average molecular weight is 618 g/mol. The second-order valence-electron chi connectivity index (χ2n) is 8.67. The highest BCUT2D eigenvalue weighted by atomic mass is 19.4. The van der Waals surface area contributed by atoms with Crippen LogP contribution < -0.4 is 21.1 Å². The Morgan fingerprint density at radius 1 is 1.19 bits per heavy atom. The number of nitrogens with two attached hydrogens (primary N) is 1. The number of carbonyl (C=O) groups excluding carboxylic acids is 1. The van der Waals surface area contributed by atoms with Crippen molar-refractivity contribution < 1.29 is 35.9 Å². The van der Waals surface area contributed by atoms with Gasteiger partial charge in [0.05, 0.1) is 29.7 Å². The Morgan fingerprint density at radius 2 is 1.84 bits per heavy atom. The smallest absolute Gasteiger partial charge is 0.419 e. The fourth-order valence-electron chi connectivity index (χ4n) is 3.41. The number of pyridine rings is 1. The van der Waals surface area contributed by atoms with Crippen LogP contribution in [0.4, 0.5) is 37.7 Å². The van der Waals surface area contributed by atoms with E-state index in [4.69, 9.17) is 10.5 Å². The largest absolute Gasteiger partial charge is 0.474 e. The summed E-state index contributed by atoms with van der Waals surface area (Å²) in [6.07, 6.45) is -1.94. The Kier molecular flexibility index (Phi) is 14.7. The molecule has 1 aromatic carbocycles. The van der Waals surface area contributed by atoms with Crippen LogP contribution in [0.25, 0.3) is 11.3 Å². The molecular weight excluding hydrogens is 580 g/mol. The number of aromatic nitrogens is 3. The Labute approximate surface area is 246 Å². The van der Waals surface area contributed by atoms with Crippen molar-refractivity contribution in [3.63, 3.8) is 0 Å². The molecule has 2 heterocycles. The molecule has 15 heteroatoms. The zero-order valence-corrected chi connectivity index (χ0v) is 25.0. The van der Waals surface area contributed by atoms with Gasteiger partial charge in [0, 0.05) is 38.6 Å². The molecule has 3 aromatic rings. The van der Waals surface area contributed by atoms with Crippen LogP contribution in [0.3, 0.4) is 0 Å². The Morgan fingerprint density at radius 3 is 2.30 bits per heavy atom. The number of aryl methyl sites for hydroxylation is 1. The second-order valence-corrected chi connectivity index (χ2v) is 8.67. The van der Waals surface area contributed by atoms with Crippen molar-refractivity contribution in [2.75, 3.05) is 31.7 Å². The van der Waals surface area contributed by atoms with Crippen LogP contribution in [0.1, 0.15) is 55.7 Å². The third-order valence-corrected chi connectivity index (χ3v) is 5.61. The molecule has 0 spiro atoms. The van der Waals surface area contributed by atoms with Crippen LogP contribution in [-0.4, -0.2) is 54.0 Å². The standard InChI is InChI=1S/C22H21F6N5O2.C4H10N2.C2H6/c1-4-10(2)35-21-13(9-34)19(30-8-11-5-6-33(3)32-11)18(25)20(31-21)12-7-14(29)16(23)17(24)15(12)22(26,27)28;1-5-3-4-6-2;1-2/h5-7,9-10H,4,8,29H2,1-3H3,(H,30,31);3,6H,4H2,1-2H3;1-2H3. The van der Waals surface area contributed by atoms with Crippen molar-refractivity contribution in [3.8, 4) is 17.1 Å². The summed E-state index contributed by atoms with van der Waals surface area (Å²) in [6.45, 7) is 8.07. The normalized spacial score (nSPS) is 11.7. The van der Waals surface area contributed by atoms with Gasteiger partial charge in [0.25, 0.3) is 0 Å². The molecule has 0 saturated heterocycles. The van der Waals surface area contributed by atoms with Crippen molar-refractivity contribution in [2.45, 2.75) is 52.9 Å². The average Bonchev–Trinajstić information content (AvgIpc) is 3.39. The van der Waals surface area contributed by atoms with E-state index in [1.807, 2.05) is 27.1 Å². The summed E-state index contributed by atoms with van der Waals surface area (Å²) in [5.41, 5.74) is -0.470. The lowest BCUT2D eigenvalue weighted by Crippen LogP contribution is -2.18. The Hall–Kier alpha value is -4.14. The number of halogens is 6. The molecule has 0 bridgehead atoms. The highest BCUT2D eigenvalue weighted by Crippen LogP contribution is 2.44. The van der Waals surface area contributed by atoms with Gasteiger partial charge in [-0.25, -0.2) is 18.2 Å². The molecule has 238 valence electrons. The number of anilines is 2. The molecule has 0 fully saturated rings. The number of ether oxygens (including phenoxy) is 1. The molecule has 4 N–H and O–H groups in total. The third-order valence-electron chi connectivity index (χ3n) is 5.61. The number of rotatable bonds is 10. The minimum atomic E-state index is -5.43. The molecular formula is C28H37F6N7O2. The van der Waals surface area contributed by atoms with E-state index in [9.17, 15) is 26.7 Å². The number of alkyl halides is 3. The highest BCUT2D eigenvalue weighted by Gasteiger charge is 2.41. The van der Waals surface area contributed by atoms with Gasteiger partial charge < -0.3 is 21.1 Å². The van der Waals surface area contributed by atoms with Crippen LogP contribution in [-0.2, 0) is 19.8 Å². The molecule has 2 aromatic heterocycles. The molecule has 43 heavy (non-hydrogen) atoms. The predicted octanol–water partition coefficient (Wildman–Crippen LogP) is 6.03. The Balaban J connectivity index is 0.00000103. The summed E-state index contributed by atoms with van der Waals surface area (Å²) in [5, 5.41) is 9.63. The van der Waals surface area contributed by atoms with Gasteiger partial charge in [-0.15, -0.1) is 0 Å². The number of aliphatic imine (C=N–C) groups is 1. The topological polar surface area (TPSA) is 119 Å². The third kappa shape index (κ3) is 9.70. The SMILES string of the molecule is CC.CCC(C)Oc1nc(-c2cc(N)c(F)c(F)c2C(F)(F)F)c(F)c(NCc2ccn(C)n2)c1C=O.CN=CCNC. The number of nitrogens with zero attached hydrogens (tertiary/aromatic N) is 4. The number of benzene rings is 1. The molecule has 0 aliphatic carbocycles. The number of nitrogen functional groups attached to an aromatic ring is 1. The summed E-state index contributed by atoms with van der Waals surface area (Å²) in [4.78, 5) is 19.4. The molecule has 0 amide bonds. The van der Waals surface area contributed by atoms with Gasteiger partial charge in [0.15, 0.2) is 23.7 Å². The van der Waals surface area contributed by atoms with Crippen molar-refractivity contribution >= 4 is 23.9 Å². The Bertz CT molecular complexity index is 1380. The van der Waals surface area contributed by atoms with Crippen LogP contribution in [0, 0.1) is 17.5 Å². The van der Waals surface area contributed by atoms with E-state index in [1.165, 1.54) is 4.68 Å². The first-order valence-corrected chi connectivity index (χ1v) is 13.3. The lowest BCUT2D eigenvalue weighted by molar-refractivity contribution is -0.139.